The molecule has 0 unspecified atom stereocenters. The van der Waals surface area contributed by atoms with E-state index in [0.29, 0.717) is 0 Å². The zero-order chi connectivity index (χ0) is 19.4. The molecule has 2 aliphatic heterocycles. The Bertz CT molecular complexity index is 483. The van der Waals surface area contributed by atoms with Crippen molar-refractivity contribution in [3.63, 3.8) is 0 Å². The molecule has 0 aromatic rings. The van der Waals surface area contributed by atoms with Gasteiger partial charge in [-0.25, -0.2) is 0 Å². The van der Waals surface area contributed by atoms with Gasteiger partial charge in [-0.05, 0) is 26.2 Å². The van der Waals surface area contributed by atoms with Crippen LogP contribution in [-0.4, -0.2) is 66.6 Å². The molecular weight excluding hydrogens is 433 g/mol. The van der Waals surface area contributed by atoms with E-state index in [4.69, 9.17) is 37.7 Å². The molecule has 0 aromatic heterocycles. The lowest BCUT2D eigenvalue weighted by Gasteiger charge is -2.51. The van der Waals surface area contributed by atoms with Crippen LogP contribution in [0.1, 0.15) is 0 Å². The monoisotopic (exact) mass is 462 g/mol. The summed E-state index contributed by atoms with van der Waals surface area (Å²) in [5, 5.41) is 0. The normalized spacial score (nSPS) is 47.3. The summed E-state index contributed by atoms with van der Waals surface area (Å²) in [5.74, 6) is 0. The van der Waals surface area contributed by atoms with E-state index in [-0.39, 0.29) is 0 Å². The molecule has 0 radical (unpaired) electrons. The van der Waals surface area contributed by atoms with Gasteiger partial charge in [0, 0.05) is 40.4 Å². The summed E-state index contributed by atoms with van der Waals surface area (Å²) in [6, 6.07) is 0. The average Bonchev–Trinajstić information content (AvgIpc) is 2.30. The predicted octanol–water partition coefficient (Wildman–Crippen LogP) is 2.10. The molecule has 25 heavy (non-hydrogen) atoms. The van der Waals surface area contributed by atoms with Crippen molar-refractivity contribution in [2.75, 3.05) is 14.2 Å². The van der Waals surface area contributed by atoms with Crippen molar-refractivity contribution in [2.24, 2.45) is 0 Å². The minimum atomic E-state index is -3.20. The lowest BCUT2D eigenvalue weighted by atomic mass is 11.8. The Morgan fingerprint density at radius 2 is 0.800 bits per heavy atom. The van der Waals surface area contributed by atoms with Crippen LogP contribution in [0.3, 0.4) is 0 Å². The Hall–Kier alpha value is 0.941. The van der Waals surface area contributed by atoms with Gasteiger partial charge < -0.3 is 37.7 Å². The van der Waals surface area contributed by atoms with Gasteiger partial charge in [-0.3, -0.25) is 0 Å². The molecule has 2 heterocycles. The smallest absolute Gasteiger partial charge is 0.416 e. The Morgan fingerprint density at radius 1 is 0.440 bits per heavy atom. The van der Waals surface area contributed by atoms with Gasteiger partial charge in [0.25, 0.3) is 0 Å². The van der Waals surface area contributed by atoms with Crippen LogP contribution < -0.4 is 0 Å². The van der Waals surface area contributed by atoms with Gasteiger partial charge in [0.2, 0.25) is 0 Å². The molecule has 0 N–H and O–H groups in total. The van der Waals surface area contributed by atoms with E-state index in [0.717, 1.165) is 0 Å². The van der Waals surface area contributed by atoms with Crippen molar-refractivity contribution in [3.05, 3.63) is 0 Å². The van der Waals surface area contributed by atoms with E-state index in [1.54, 1.807) is 27.3 Å². The molecule has 0 spiro atoms. The van der Waals surface area contributed by atoms with Crippen molar-refractivity contribution in [2.45, 2.75) is 52.4 Å². The largest absolute Gasteiger partial charge is 0.482 e. The minimum Gasteiger partial charge on any atom is -0.416 e. The second-order valence-corrected chi connectivity index (χ2v) is 26.4. The highest BCUT2D eigenvalue weighted by molar-refractivity contribution is 6.95. The van der Waals surface area contributed by atoms with Gasteiger partial charge in [-0.15, -0.1) is 0 Å². The van der Waals surface area contributed by atoms with Crippen LogP contribution in [0.2, 0.25) is 52.4 Å². The fraction of sp³-hybridized carbons (Fsp3) is 1.00. The molecule has 0 aromatic carbocycles. The molecular formula is C10H30O9Si6. The zero-order valence-electron chi connectivity index (χ0n) is 16.7. The fourth-order valence-electron chi connectivity index (χ4n) is 3.21. The highest BCUT2D eigenvalue weighted by Gasteiger charge is 2.65. The van der Waals surface area contributed by atoms with Gasteiger partial charge in [-0.1, -0.05) is 0 Å². The van der Waals surface area contributed by atoms with E-state index in [2.05, 4.69) is 0 Å². The SMILES string of the molecule is CO[Si@]1(C)O[Si@@](C)(OC)O[Si@@]2(C)O[Si](C)(C)O[Si](C)(C)O[Si@](C)(O1)O2. The lowest BCUT2D eigenvalue weighted by molar-refractivity contribution is 0.0542. The standard InChI is InChI=1S/C10H30O9Si6/c1-11-22(7)16-23(8,12-2)18-25(10)15-21(5,6)13-20(3,4)14-24(9,17-22)19-25/h1-10H3/t22-,23-,24-,25-/m1/s1. The Morgan fingerprint density at radius 3 is 1.12 bits per heavy atom. The van der Waals surface area contributed by atoms with Crippen LogP contribution in [-0.2, 0) is 37.7 Å². The topological polar surface area (TPSA) is 83.1 Å². The first-order valence-corrected chi connectivity index (χ1v) is 22.6. The highest BCUT2D eigenvalue weighted by atomic mass is 28.6. The molecule has 2 aliphatic rings. The Labute approximate surface area is 156 Å². The molecule has 0 saturated carbocycles. The van der Waals surface area contributed by atoms with E-state index >= 15 is 0 Å². The molecule has 15 heteroatoms. The van der Waals surface area contributed by atoms with Crippen molar-refractivity contribution in [3.8, 4) is 0 Å². The van der Waals surface area contributed by atoms with E-state index in [1.807, 2.05) is 39.3 Å². The summed E-state index contributed by atoms with van der Waals surface area (Å²) in [6.45, 7) is 15.0. The van der Waals surface area contributed by atoms with Crippen LogP contribution in [0.5, 0.6) is 0 Å². The van der Waals surface area contributed by atoms with Gasteiger partial charge in [-0.2, -0.15) is 0 Å². The third-order valence-electron chi connectivity index (χ3n) is 3.58. The number of hydrogen-bond donors (Lipinski definition) is 0. The van der Waals surface area contributed by atoms with Gasteiger partial charge >= 0.3 is 52.3 Å². The number of fused-ring (bicyclic) bond motifs is 2. The molecule has 2 bridgehead atoms. The first-order valence-electron chi connectivity index (χ1n) is 8.08. The molecule has 4 atom stereocenters. The lowest BCUT2D eigenvalue weighted by Crippen LogP contribution is -2.75. The maximum Gasteiger partial charge on any atom is 0.482 e. The van der Waals surface area contributed by atoms with Crippen molar-refractivity contribution in [1.82, 2.24) is 0 Å². The summed E-state index contributed by atoms with van der Waals surface area (Å²) < 4.78 is 55.3. The van der Waals surface area contributed by atoms with Crippen LogP contribution in [0.25, 0.3) is 0 Å². The number of rotatable bonds is 2. The molecule has 148 valence electrons. The summed E-state index contributed by atoms with van der Waals surface area (Å²) >= 11 is 0. The third kappa shape index (κ3) is 5.48. The van der Waals surface area contributed by atoms with Crippen molar-refractivity contribution < 1.29 is 37.7 Å². The van der Waals surface area contributed by atoms with Gasteiger partial charge in [0.1, 0.15) is 0 Å². The van der Waals surface area contributed by atoms with E-state index in [9.17, 15) is 0 Å². The zero-order valence-corrected chi connectivity index (χ0v) is 22.7. The number of hydrogen-bond acceptors (Lipinski definition) is 9. The summed E-state index contributed by atoms with van der Waals surface area (Å²) in [6.07, 6.45) is 0. The van der Waals surface area contributed by atoms with Gasteiger partial charge in [0.05, 0.1) is 0 Å². The summed E-state index contributed by atoms with van der Waals surface area (Å²) in [5.41, 5.74) is 0. The van der Waals surface area contributed by atoms with Crippen molar-refractivity contribution >= 4 is 52.3 Å². The summed E-state index contributed by atoms with van der Waals surface area (Å²) in [7, 11) is -14.6. The molecule has 0 amide bonds. The van der Waals surface area contributed by atoms with E-state index in [1.165, 1.54) is 0 Å². The third-order valence-corrected chi connectivity index (χ3v) is 27.8. The quantitative estimate of drug-likeness (QED) is 0.573. The van der Waals surface area contributed by atoms with Crippen molar-refractivity contribution in [1.29, 1.82) is 0 Å². The van der Waals surface area contributed by atoms with Crippen LogP contribution in [0, 0.1) is 0 Å². The van der Waals surface area contributed by atoms with Crippen LogP contribution in [0.15, 0.2) is 0 Å². The molecule has 2 rings (SSSR count). The Kier molecular flexibility index (Phi) is 6.02. The second-order valence-electron chi connectivity index (χ2n) is 7.37. The van der Waals surface area contributed by atoms with Gasteiger partial charge in [0.15, 0.2) is 0 Å². The maximum absolute atomic E-state index is 6.38. The second kappa shape index (κ2) is 6.77. The molecule has 2 saturated heterocycles. The predicted molar refractivity (Wildman–Crippen MR) is 103 cm³/mol. The maximum atomic E-state index is 6.38. The first kappa shape index (κ1) is 22.2. The van der Waals surface area contributed by atoms with Crippen LogP contribution >= 0.6 is 0 Å². The average molecular weight is 463 g/mol. The van der Waals surface area contributed by atoms with Crippen LogP contribution in [0.4, 0.5) is 0 Å². The first-order chi connectivity index (χ1) is 11.1. The molecule has 0 aliphatic carbocycles. The molecule has 9 nitrogen and oxygen atoms in total. The Balaban J connectivity index is 2.51. The summed E-state index contributed by atoms with van der Waals surface area (Å²) in [4.78, 5) is 0. The highest BCUT2D eigenvalue weighted by Crippen LogP contribution is 2.37. The molecule has 2 fully saturated rings. The fourth-order valence-corrected chi connectivity index (χ4v) is 32.6. The minimum absolute atomic E-state index is 1.54. The van der Waals surface area contributed by atoms with E-state index < -0.39 is 52.3 Å².